The molecule has 1 amide bonds. The van der Waals surface area contributed by atoms with Crippen molar-refractivity contribution < 1.29 is 9.59 Å². The molecule has 0 aromatic heterocycles. The molecule has 0 spiro atoms. The summed E-state index contributed by atoms with van der Waals surface area (Å²) in [6.07, 6.45) is 0. The van der Waals surface area contributed by atoms with Gasteiger partial charge in [-0.15, -0.1) is 0 Å². The van der Waals surface area contributed by atoms with Crippen molar-refractivity contribution in [1.29, 1.82) is 0 Å². The van der Waals surface area contributed by atoms with Crippen LogP contribution in [0, 0.1) is 5.92 Å². The molecule has 0 aliphatic rings. The number of benzene rings is 1. The number of carbonyl (C=O) groups excluding carboxylic acids is 2. The minimum absolute atomic E-state index is 0.0250. The highest BCUT2D eigenvalue weighted by molar-refractivity contribution is 5.97. The molecule has 1 aromatic carbocycles. The molecule has 1 aromatic rings. The summed E-state index contributed by atoms with van der Waals surface area (Å²) in [5.41, 5.74) is 6.59. The summed E-state index contributed by atoms with van der Waals surface area (Å²) in [5.74, 6) is -0.396. The highest BCUT2D eigenvalue weighted by atomic mass is 16.2. The van der Waals surface area contributed by atoms with Gasteiger partial charge in [0.15, 0.2) is 5.78 Å². The molecule has 4 nitrogen and oxygen atoms in total. The van der Waals surface area contributed by atoms with E-state index in [4.69, 9.17) is 5.73 Å². The molecule has 0 bridgehead atoms. The number of hydrogen-bond donors (Lipinski definition) is 2. The van der Waals surface area contributed by atoms with Gasteiger partial charge in [-0.2, -0.15) is 0 Å². The Morgan fingerprint density at radius 2 is 2.12 bits per heavy atom. The molecule has 0 heterocycles. The van der Waals surface area contributed by atoms with Gasteiger partial charge >= 0.3 is 0 Å². The van der Waals surface area contributed by atoms with Crippen molar-refractivity contribution in [1.82, 2.24) is 0 Å². The summed E-state index contributed by atoms with van der Waals surface area (Å²) < 4.78 is 0. The standard InChI is InChI=1S/C12H16N2O2/c1-8(7-13)12(16)14-11-5-3-4-10(6-11)9(2)15/h3-6,8H,7,13H2,1-2H3,(H,14,16). The van der Waals surface area contributed by atoms with Crippen molar-refractivity contribution >= 4 is 17.4 Å². The Labute approximate surface area is 94.8 Å². The number of anilines is 1. The number of carbonyl (C=O) groups is 2. The second kappa shape index (κ2) is 5.42. The predicted molar refractivity (Wildman–Crippen MR) is 63.3 cm³/mol. The molecule has 86 valence electrons. The van der Waals surface area contributed by atoms with E-state index in [0.717, 1.165) is 0 Å². The molecule has 1 rings (SSSR count). The van der Waals surface area contributed by atoms with Gasteiger partial charge < -0.3 is 11.1 Å². The number of ketones is 1. The number of rotatable bonds is 4. The zero-order chi connectivity index (χ0) is 12.1. The number of amides is 1. The Hall–Kier alpha value is -1.68. The largest absolute Gasteiger partial charge is 0.330 e. The molecule has 0 fully saturated rings. The lowest BCUT2D eigenvalue weighted by molar-refractivity contribution is -0.119. The molecule has 0 aliphatic heterocycles. The Bertz CT molecular complexity index is 402. The molecule has 0 radical (unpaired) electrons. The van der Waals surface area contributed by atoms with Crippen LogP contribution in [0.3, 0.4) is 0 Å². The van der Waals surface area contributed by atoms with E-state index < -0.39 is 0 Å². The fraction of sp³-hybridized carbons (Fsp3) is 0.333. The topological polar surface area (TPSA) is 72.2 Å². The first-order valence-corrected chi connectivity index (χ1v) is 5.16. The molecule has 1 atom stereocenters. The maximum absolute atomic E-state index is 11.5. The number of Topliss-reactive ketones (excluding diaryl/α,β-unsaturated/α-hetero) is 1. The highest BCUT2D eigenvalue weighted by Gasteiger charge is 2.11. The first-order chi connectivity index (χ1) is 7.54. The van der Waals surface area contributed by atoms with Crippen LogP contribution in [0.4, 0.5) is 5.69 Å². The van der Waals surface area contributed by atoms with Crippen LogP contribution < -0.4 is 11.1 Å². The summed E-state index contributed by atoms with van der Waals surface area (Å²) in [5, 5.41) is 2.72. The van der Waals surface area contributed by atoms with Crippen molar-refractivity contribution in [2.24, 2.45) is 11.7 Å². The lowest BCUT2D eigenvalue weighted by Gasteiger charge is -2.10. The van der Waals surface area contributed by atoms with Gasteiger partial charge in [-0.1, -0.05) is 19.1 Å². The second-order valence-corrected chi connectivity index (χ2v) is 3.76. The van der Waals surface area contributed by atoms with E-state index in [2.05, 4.69) is 5.32 Å². The van der Waals surface area contributed by atoms with Crippen LogP contribution in [0.2, 0.25) is 0 Å². The number of hydrogen-bond acceptors (Lipinski definition) is 3. The van der Waals surface area contributed by atoms with E-state index in [1.807, 2.05) is 0 Å². The number of nitrogens with two attached hydrogens (primary N) is 1. The molecule has 0 saturated carbocycles. The van der Waals surface area contributed by atoms with Crippen LogP contribution >= 0.6 is 0 Å². The van der Waals surface area contributed by atoms with Crippen LogP contribution in [0.15, 0.2) is 24.3 Å². The van der Waals surface area contributed by atoms with Gasteiger partial charge in [0.25, 0.3) is 0 Å². The molecule has 3 N–H and O–H groups in total. The minimum Gasteiger partial charge on any atom is -0.330 e. The quantitative estimate of drug-likeness (QED) is 0.754. The zero-order valence-corrected chi connectivity index (χ0v) is 9.49. The monoisotopic (exact) mass is 220 g/mol. The average molecular weight is 220 g/mol. The van der Waals surface area contributed by atoms with Crippen molar-refractivity contribution in [3.63, 3.8) is 0 Å². The van der Waals surface area contributed by atoms with Crippen molar-refractivity contribution in [2.45, 2.75) is 13.8 Å². The van der Waals surface area contributed by atoms with E-state index in [0.29, 0.717) is 17.8 Å². The fourth-order valence-electron chi connectivity index (χ4n) is 1.19. The van der Waals surface area contributed by atoms with Gasteiger partial charge in [0.2, 0.25) is 5.91 Å². The molecular weight excluding hydrogens is 204 g/mol. The Morgan fingerprint density at radius 1 is 1.44 bits per heavy atom. The Morgan fingerprint density at radius 3 is 2.69 bits per heavy atom. The maximum Gasteiger partial charge on any atom is 0.228 e. The lowest BCUT2D eigenvalue weighted by Crippen LogP contribution is -2.26. The van der Waals surface area contributed by atoms with Crippen molar-refractivity contribution in [2.75, 3.05) is 11.9 Å². The van der Waals surface area contributed by atoms with Gasteiger partial charge in [0.05, 0.1) is 0 Å². The third-order valence-electron chi connectivity index (χ3n) is 2.34. The summed E-state index contributed by atoms with van der Waals surface area (Å²) in [4.78, 5) is 22.7. The minimum atomic E-state index is -0.235. The normalized spacial score (nSPS) is 11.9. The van der Waals surface area contributed by atoms with Crippen molar-refractivity contribution in [3.05, 3.63) is 29.8 Å². The van der Waals surface area contributed by atoms with Crippen LogP contribution in [-0.4, -0.2) is 18.2 Å². The maximum atomic E-state index is 11.5. The Kier molecular flexibility index (Phi) is 4.19. The van der Waals surface area contributed by atoms with E-state index in [9.17, 15) is 9.59 Å². The zero-order valence-electron chi connectivity index (χ0n) is 9.49. The summed E-state index contributed by atoms with van der Waals surface area (Å²) >= 11 is 0. The van der Waals surface area contributed by atoms with Crippen LogP contribution in [0.1, 0.15) is 24.2 Å². The van der Waals surface area contributed by atoms with Gasteiger partial charge in [0.1, 0.15) is 0 Å². The SMILES string of the molecule is CC(=O)c1cccc(NC(=O)C(C)CN)c1. The van der Waals surface area contributed by atoms with E-state index in [1.54, 1.807) is 31.2 Å². The van der Waals surface area contributed by atoms with Crippen molar-refractivity contribution in [3.8, 4) is 0 Å². The molecule has 0 saturated heterocycles. The van der Waals surface area contributed by atoms with Crippen LogP contribution in [0.25, 0.3) is 0 Å². The third-order valence-corrected chi connectivity index (χ3v) is 2.34. The highest BCUT2D eigenvalue weighted by Crippen LogP contribution is 2.12. The molecule has 1 unspecified atom stereocenters. The van der Waals surface area contributed by atoms with Gasteiger partial charge in [-0.25, -0.2) is 0 Å². The van der Waals surface area contributed by atoms with Gasteiger partial charge in [0, 0.05) is 23.7 Å². The molecule has 16 heavy (non-hydrogen) atoms. The average Bonchev–Trinajstić information content (AvgIpc) is 2.28. The molecule has 0 aliphatic carbocycles. The summed E-state index contributed by atoms with van der Waals surface area (Å²) in [6, 6.07) is 6.85. The fourth-order valence-corrected chi connectivity index (χ4v) is 1.19. The summed E-state index contributed by atoms with van der Waals surface area (Å²) in [6.45, 7) is 3.55. The van der Waals surface area contributed by atoms with E-state index in [-0.39, 0.29) is 17.6 Å². The smallest absolute Gasteiger partial charge is 0.228 e. The third kappa shape index (κ3) is 3.17. The number of nitrogens with one attached hydrogen (secondary N) is 1. The van der Waals surface area contributed by atoms with Crippen LogP contribution in [0.5, 0.6) is 0 Å². The summed E-state index contributed by atoms with van der Waals surface area (Å²) in [7, 11) is 0. The van der Waals surface area contributed by atoms with Gasteiger partial charge in [-0.3, -0.25) is 9.59 Å². The van der Waals surface area contributed by atoms with E-state index >= 15 is 0 Å². The molecule has 4 heteroatoms. The van der Waals surface area contributed by atoms with Gasteiger partial charge in [-0.05, 0) is 19.1 Å². The van der Waals surface area contributed by atoms with E-state index in [1.165, 1.54) is 6.92 Å². The predicted octanol–water partition coefficient (Wildman–Crippen LogP) is 1.42. The molecular formula is C12H16N2O2. The first kappa shape index (κ1) is 12.4. The van der Waals surface area contributed by atoms with Crippen LogP contribution in [-0.2, 0) is 4.79 Å². The lowest BCUT2D eigenvalue weighted by atomic mass is 10.1. The second-order valence-electron chi connectivity index (χ2n) is 3.76. The first-order valence-electron chi connectivity index (χ1n) is 5.16. The Balaban J connectivity index is 2.78.